The molecule has 2 aromatic carbocycles. The average molecular weight is 477 g/mol. The molecule has 1 amide bonds. The van der Waals surface area contributed by atoms with E-state index in [1.807, 2.05) is 0 Å². The lowest BCUT2D eigenvalue weighted by molar-refractivity contribution is 0.0601. The van der Waals surface area contributed by atoms with E-state index in [1.165, 1.54) is 62.0 Å². The Kier molecular flexibility index (Phi) is 7.93. The quantitative estimate of drug-likeness (QED) is 0.610. The molecule has 178 valence electrons. The molecule has 9 nitrogen and oxygen atoms in total. The van der Waals surface area contributed by atoms with Crippen LogP contribution in [0.2, 0.25) is 0 Å². The van der Waals surface area contributed by atoms with Crippen LogP contribution in [-0.4, -0.2) is 59.0 Å². The lowest BCUT2D eigenvalue weighted by Gasteiger charge is -2.20. The molecule has 1 aliphatic heterocycles. The standard InChI is InChI=1S/C23H28N2O7S/c1-30-20-14-18(23(27)32-3)19(15-21(20)31-2)24-22(26)16-8-10-17(11-9-16)33(28,29)25-12-6-4-5-7-13-25/h8-11,14-15H,4-7,12-13H2,1-3H3,(H,24,26). The minimum atomic E-state index is -3.61. The van der Waals surface area contributed by atoms with Crippen molar-refractivity contribution in [3.63, 3.8) is 0 Å². The van der Waals surface area contributed by atoms with E-state index in [0.29, 0.717) is 24.6 Å². The van der Waals surface area contributed by atoms with Gasteiger partial charge in [-0.05, 0) is 37.1 Å². The molecular formula is C23H28N2O7S. The fraction of sp³-hybridized carbons (Fsp3) is 0.391. The maximum absolute atomic E-state index is 12.9. The second kappa shape index (κ2) is 10.7. The van der Waals surface area contributed by atoms with Gasteiger partial charge in [-0.3, -0.25) is 4.79 Å². The third-order valence-electron chi connectivity index (χ3n) is 5.50. The molecule has 0 radical (unpaired) electrons. The minimum Gasteiger partial charge on any atom is -0.493 e. The Hall–Kier alpha value is -3.11. The van der Waals surface area contributed by atoms with E-state index >= 15 is 0 Å². The molecule has 1 fully saturated rings. The van der Waals surface area contributed by atoms with E-state index < -0.39 is 21.9 Å². The summed E-state index contributed by atoms with van der Waals surface area (Å²) < 4.78 is 42.7. The largest absolute Gasteiger partial charge is 0.493 e. The predicted molar refractivity (Wildman–Crippen MR) is 123 cm³/mol. The SMILES string of the molecule is COC(=O)c1cc(OC)c(OC)cc1NC(=O)c1ccc(S(=O)(=O)N2CCCCCC2)cc1. The van der Waals surface area contributed by atoms with Crippen LogP contribution < -0.4 is 14.8 Å². The van der Waals surface area contributed by atoms with Gasteiger partial charge in [0.05, 0.1) is 37.5 Å². The number of rotatable bonds is 7. The Morgan fingerprint density at radius 1 is 0.879 bits per heavy atom. The number of nitrogens with one attached hydrogen (secondary N) is 1. The van der Waals surface area contributed by atoms with Crippen LogP contribution in [0.5, 0.6) is 11.5 Å². The van der Waals surface area contributed by atoms with E-state index in [2.05, 4.69) is 5.32 Å². The van der Waals surface area contributed by atoms with Gasteiger partial charge in [0, 0.05) is 30.8 Å². The number of hydrogen-bond donors (Lipinski definition) is 1. The molecule has 1 aliphatic rings. The smallest absolute Gasteiger partial charge is 0.340 e. The second-order valence-electron chi connectivity index (χ2n) is 7.54. The first-order chi connectivity index (χ1) is 15.8. The topological polar surface area (TPSA) is 111 Å². The molecule has 0 spiro atoms. The number of nitrogens with zero attached hydrogens (tertiary/aromatic N) is 1. The third kappa shape index (κ3) is 5.45. The summed E-state index contributed by atoms with van der Waals surface area (Å²) in [6.45, 7) is 1.00. The Bertz CT molecular complexity index is 1110. The van der Waals surface area contributed by atoms with Gasteiger partial charge in [0.2, 0.25) is 10.0 Å². The van der Waals surface area contributed by atoms with Gasteiger partial charge in [-0.2, -0.15) is 4.31 Å². The van der Waals surface area contributed by atoms with E-state index in [1.54, 1.807) is 0 Å². The first-order valence-electron chi connectivity index (χ1n) is 10.6. The molecule has 0 aromatic heterocycles. The van der Waals surface area contributed by atoms with Gasteiger partial charge in [0.1, 0.15) is 0 Å². The van der Waals surface area contributed by atoms with Crippen molar-refractivity contribution in [1.29, 1.82) is 0 Å². The van der Waals surface area contributed by atoms with Crippen molar-refractivity contribution in [2.45, 2.75) is 30.6 Å². The average Bonchev–Trinajstić information content (AvgIpc) is 3.13. The normalized spacial score (nSPS) is 14.8. The molecule has 2 aromatic rings. The third-order valence-corrected chi connectivity index (χ3v) is 7.41. The molecule has 3 rings (SSSR count). The fourth-order valence-corrected chi connectivity index (χ4v) is 5.18. The fourth-order valence-electron chi connectivity index (χ4n) is 3.67. The van der Waals surface area contributed by atoms with Crippen LogP contribution in [0.4, 0.5) is 5.69 Å². The van der Waals surface area contributed by atoms with Crippen LogP contribution in [0.25, 0.3) is 0 Å². The van der Waals surface area contributed by atoms with Gasteiger partial charge in [-0.1, -0.05) is 12.8 Å². The number of benzene rings is 2. The molecule has 10 heteroatoms. The summed E-state index contributed by atoms with van der Waals surface area (Å²) in [5, 5.41) is 2.66. The monoisotopic (exact) mass is 476 g/mol. The zero-order chi connectivity index (χ0) is 24.0. The number of amides is 1. The van der Waals surface area contributed by atoms with Crippen LogP contribution in [0.3, 0.4) is 0 Å². The van der Waals surface area contributed by atoms with Crippen LogP contribution in [-0.2, 0) is 14.8 Å². The van der Waals surface area contributed by atoms with Crippen molar-refractivity contribution in [2.24, 2.45) is 0 Å². The molecule has 0 aliphatic carbocycles. The number of anilines is 1. The number of esters is 1. The van der Waals surface area contributed by atoms with Crippen LogP contribution in [0.1, 0.15) is 46.4 Å². The van der Waals surface area contributed by atoms with Crippen molar-refractivity contribution in [1.82, 2.24) is 4.31 Å². The highest BCUT2D eigenvalue weighted by Gasteiger charge is 2.25. The van der Waals surface area contributed by atoms with Crippen LogP contribution in [0.15, 0.2) is 41.3 Å². The van der Waals surface area contributed by atoms with Crippen LogP contribution >= 0.6 is 0 Å². The van der Waals surface area contributed by atoms with Gasteiger partial charge >= 0.3 is 5.97 Å². The number of carbonyl (C=O) groups excluding carboxylic acids is 2. The maximum atomic E-state index is 12.9. The number of sulfonamides is 1. The summed E-state index contributed by atoms with van der Waals surface area (Å²) in [6.07, 6.45) is 3.73. The molecule has 0 saturated carbocycles. The molecular weight excluding hydrogens is 448 g/mol. The van der Waals surface area contributed by atoms with Gasteiger partial charge in [0.15, 0.2) is 11.5 Å². The molecule has 0 unspecified atom stereocenters. The predicted octanol–water partition coefficient (Wildman–Crippen LogP) is 3.31. The first kappa shape index (κ1) is 24.5. The summed E-state index contributed by atoms with van der Waals surface area (Å²) >= 11 is 0. The number of ether oxygens (including phenoxy) is 3. The Morgan fingerprint density at radius 2 is 1.45 bits per heavy atom. The molecule has 1 N–H and O–H groups in total. The first-order valence-corrected chi connectivity index (χ1v) is 12.0. The second-order valence-corrected chi connectivity index (χ2v) is 9.48. The summed E-state index contributed by atoms with van der Waals surface area (Å²) in [7, 11) is 0.480. The molecule has 1 saturated heterocycles. The minimum absolute atomic E-state index is 0.0869. The van der Waals surface area contributed by atoms with Gasteiger partial charge < -0.3 is 19.5 Å². The summed E-state index contributed by atoms with van der Waals surface area (Å²) in [6, 6.07) is 8.60. The number of carbonyl (C=O) groups is 2. The highest BCUT2D eigenvalue weighted by Crippen LogP contribution is 2.34. The molecule has 33 heavy (non-hydrogen) atoms. The van der Waals surface area contributed by atoms with Gasteiger partial charge in [0.25, 0.3) is 5.91 Å². The highest BCUT2D eigenvalue weighted by molar-refractivity contribution is 7.89. The van der Waals surface area contributed by atoms with E-state index in [0.717, 1.165) is 25.7 Å². The summed E-state index contributed by atoms with van der Waals surface area (Å²) in [5.74, 6) is -0.561. The van der Waals surface area contributed by atoms with E-state index in [4.69, 9.17) is 14.2 Å². The van der Waals surface area contributed by atoms with Crippen molar-refractivity contribution >= 4 is 27.6 Å². The number of hydrogen-bond acceptors (Lipinski definition) is 7. The maximum Gasteiger partial charge on any atom is 0.340 e. The summed E-state index contributed by atoms with van der Waals surface area (Å²) in [4.78, 5) is 25.2. The van der Waals surface area contributed by atoms with Crippen molar-refractivity contribution < 1.29 is 32.2 Å². The van der Waals surface area contributed by atoms with Gasteiger partial charge in [-0.25, -0.2) is 13.2 Å². The van der Waals surface area contributed by atoms with Crippen LogP contribution in [0, 0.1) is 0 Å². The van der Waals surface area contributed by atoms with Crippen molar-refractivity contribution in [3.05, 3.63) is 47.5 Å². The van der Waals surface area contributed by atoms with Crippen molar-refractivity contribution in [3.8, 4) is 11.5 Å². The Balaban J connectivity index is 1.84. The highest BCUT2D eigenvalue weighted by atomic mass is 32.2. The van der Waals surface area contributed by atoms with E-state index in [-0.39, 0.29) is 21.7 Å². The van der Waals surface area contributed by atoms with Gasteiger partial charge in [-0.15, -0.1) is 0 Å². The Labute approximate surface area is 193 Å². The molecule has 0 atom stereocenters. The molecule has 1 heterocycles. The molecule has 0 bridgehead atoms. The van der Waals surface area contributed by atoms with E-state index in [9.17, 15) is 18.0 Å². The zero-order valence-corrected chi connectivity index (χ0v) is 19.7. The summed E-state index contributed by atoms with van der Waals surface area (Å²) in [5.41, 5.74) is 0.491. The Morgan fingerprint density at radius 3 is 2.00 bits per heavy atom. The zero-order valence-electron chi connectivity index (χ0n) is 18.9. The van der Waals surface area contributed by atoms with Crippen molar-refractivity contribution in [2.75, 3.05) is 39.7 Å². The lowest BCUT2D eigenvalue weighted by Crippen LogP contribution is -2.31. The number of methoxy groups -OCH3 is 3. The lowest BCUT2D eigenvalue weighted by atomic mass is 10.1.